The highest BCUT2D eigenvalue weighted by Gasteiger charge is 1.97. The molecular weight excluding hydrogens is 228 g/mol. The highest BCUT2D eigenvalue weighted by molar-refractivity contribution is 7.99. The van der Waals surface area contributed by atoms with E-state index in [4.69, 9.17) is 0 Å². The van der Waals surface area contributed by atoms with Crippen LogP contribution in [0.5, 0.6) is 0 Å². The predicted molar refractivity (Wildman–Crippen MR) is 71.4 cm³/mol. The van der Waals surface area contributed by atoms with Crippen LogP contribution in [0.3, 0.4) is 0 Å². The molecule has 0 saturated carbocycles. The monoisotopic (exact) mass is 242 g/mol. The van der Waals surface area contributed by atoms with Crippen LogP contribution >= 0.6 is 11.8 Å². The molecule has 0 amide bonds. The minimum atomic E-state index is 0.602. The van der Waals surface area contributed by atoms with Gasteiger partial charge in [0.2, 0.25) is 0 Å². The minimum Gasteiger partial charge on any atom is -0.303 e. The largest absolute Gasteiger partial charge is 0.303 e. The Hall–Kier alpha value is -1.54. The molecule has 2 aromatic carbocycles. The van der Waals surface area contributed by atoms with E-state index in [1.54, 1.807) is 11.8 Å². The molecule has 0 aliphatic rings. The topological polar surface area (TPSA) is 17.1 Å². The summed E-state index contributed by atoms with van der Waals surface area (Å²) in [4.78, 5) is 12.8. The van der Waals surface area contributed by atoms with E-state index in [9.17, 15) is 4.79 Å². The fourth-order valence-corrected chi connectivity index (χ4v) is 2.41. The first kappa shape index (κ1) is 11.9. The first-order valence-electron chi connectivity index (χ1n) is 5.64. The van der Waals surface area contributed by atoms with Crippen molar-refractivity contribution in [1.29, 1.82) is 0 Å². The maximum Gasteiger partial charge on any atom is 0.120 e. The van der Waals surface area contributed by atoms with Gasteiger partial charge >= 0.3 is 0 Å². The highest BCUT2D eigenvalue weighted by Crippen LogP contribution is 2.27. The molecule has 86 valence electrons. The van der Waals surface area contributed by atoms with Gasteiger partial charge in [-0.05, 0) is 36.2 Å². The molecule has 0 N–H and O–H groups in total. The van der Waals surface area contributed by atoms with Gasteiger partial charge in [0.05, 0.1) is 0 Å². The van der Waals surface area contributed by atoms with Gasteiger partial charge in [0.25, 0.3) is 0 Å². The lowest BCUT2D eigenvalue weighted by Gasteiger charge is -2.03. The van der Waals surface area contributed by atoms with Gasteiger partial charge in [-0.15, -0.1) is 0 Å². The van der Waals surface area contributed by atoms with Crippen molar-refractivity contribution in [2.45, 2.75) is 22.6 Å². The molecule has 0 atom stereocenters. The lowest BCUT2D eigenvalue weighted by Crippen LogP contribution is -1.85. The van der Waals surface area contributed by atoms with E-state index in [0.29, 0.717) is 6.42 Å². The molecule has 0 fully saturated rings. The van der Waals surface area contributed by atoms with Crippen molar-refractivity contribution in [3.63, 3.8) is 0 Å². The van der Waals surface area contributed by atoms with Gasteiger partial charge in [0.1, 0.15) is 6.29 Å². The molecule has 0 radical (unpaired) electrons. The van der Waals surface area contributed by atoms with Gasteiger partial charge in [-0.25, -0.2) is 0 Å². The standard InChI is InChI=1S/C15H14OS/c16-12-4-5-13-8-10-15(11-9-13)17-14-6-2-1-3-7-14/h1-3,6-12H,4-5H2. The predicted octanol–water partition coefficient (Wildman–Crippen LogP) is 3.97. The van der Waals surface area contributed by atoms with E-state index in [-0.39, 0.29) is 0 Å². The van der Waals surface area contributed by atoms with E-state index < -0.39 is 0 Å². The second-order valence-electron chi connectivity index (χ2n) is 3.76. The van der Waals surface area contributed by atoms with Gasteiger partial charge in [0.15, 0.2) is 0 Å². The summed E-state index contributed by atoms with van der Waals surface area (Å²) in [6.07, 6.45) is 2.40. The summed E-state index contributed by atoms with van der Waals surface area (Å²) in [5.41, 5.74) is 1.22. The summed E-state index contributed by atoms with van der Waals surface area (Å²) in [5, 5.41) is 0. The zero-order valence-corrected chi connectivity index (χ0v) is 10.3. The normalized spacial score (nSPS) is 10.1. The third kappa shape index (κ3) is 3.75. The van der Waals surface area contributed by atoms with Crippen LogP contribution in [-0.4, -0.2) is 6.29 Å². The number of rotatable bonds is 5. The first-order chi connectivity index (χ1) is 8.38. The van der Waals surface area contributed by atoms with Crippen LogP contribution in [0.4, 0.5) is 0 Å². The van der Waals surface area contributed by atoms with Crippen molar-refractivity contribution >= 4 is 18.0 Å². The molecule has 0 aliphatic carbocycles. The van der Waals surface area contributed by atoms with Crippen molar-refractivity contribution in [3.05, 3.63) is 60.2 Å². The molecule has 0 bridgehead atoms. The van der Waals surface area contributed by atoms with Crippen LogP contribution in [-0.2, 0) is 11.2 Å². The molecule has 2 aromatic rings. The van der Waals surface area contributed by atoms with Crippen LogP contribution in [0, 0.1) is 0 Å². The quantitative estimate of drug-likeness (QED) is 0.738. The third-order valence-corrected chi connectivity index (χ3v) is 3.47. The molecule has 0 unspecified atom stereocenters. The number of aldehydes is 1. The Kier molecular flexibility index (Phi) is 4.39. The van der Waals surface area contributed by atoms with E-state index in [1.807, 2.05) is 18.2 Å². The first-order valence-corrected chi connectivity index (χ1v) is 6.45. The van der Waals surface area contributed by atoms with Gasteiger partial charge in [0, 0.05) is 16.2 Å². The number of benzene rings is 2. The highest BCUT2D eigenvalue weighted by atomic mass is 32.2. The fourth-order valence-electron chi connectivity index (χ4n) is 1.57. The van der Waals surface area contributed by atoms with E-state index in [2.05, 4.69) is 36.4 Å². The fraction of sp³-hybridized carbons (Fsp3) is 0.133. The Bertz CT molecular complexity index is 462. The van der Waals surface area contributed by atoms with Crippen LogP contribution in [0.25, 0.3) is 0 Å². The maximum absolute atomic E-state index is 10.3. The van der Waals surface area contributed by atoms with Crippen molar-refractivity contribution in [1.82, 2.24) is 0 Å². The Balaban J connectivity index is 2.01. The Labute approximate surface area is 106 Å². The molecule has 0 heterocycles. The number of hydrogen-bond acceptors (Lipinski definition) is 2. The van der Waals surface area contributed by atoms with E-state index >= 15 is 0 Å². The summed E-state index contributed by atoms with van der Waals surface area (Å²) in [5.74, 6) is 0. The summed E-state index contributed by atoms with van der Waals surface area (Å²) in [7, 11) is 0. The van der Waals surface area contributed by atoms with Gasteiger partial charge < -0.3 is 4.79 Å². The van der Waals surface area contributed by atoms with Crippen molar-refractivity contribution < 1.29 is 4.79 Å². The Morgan fingerprint density at radius 3 is 2.18 bits per heavy atom. The second-order valence-corrected chi connectivity index (χ2v) is 4.91. The van der Waals surface area contributed by atoms with E-state index in [0.717, 1.165) is 12.7 Å². The van der Waals surface area contributed by atoms with Crippen LogP contribution < -0.4 is 0 Å². The smallest absolute Gasteiger partial charge is 0.120 e. The van der Waals surface area contributed by atoms with Crippen LogP contribution in [0.2, 0.25) is 0 Å². The maximum atomic E-state index is 10.3. The number of aryl methyl sites for hydroxylation is 1. The average molecular weight is 242 g/mol. The lowest BCUT2D eigenvalue weighted by molar-refractivity contribution is -0.107. The second kappa shape index (κ2) is 6.26. The average Bonchev–Trinajstić information content (AvgIpc) is 2.39. The zero-order valence-electron chi connectivity index (χ0n) is 9.50. The molecule has 0 spiro atoms. The molecule has 0 aliphatic heterocycles. The number of carbonyl (C=O) groups is 1. The SMILES string of the molecule is O=CCCc1ccc(Sc2ccccc2)cc1. The third-order valence-electron chi connectivity index (χ3n) is 2.45. The number of hydrogen-bond donors (Lipinski definition) is 0. The van der Waals surface area contributed by atoms with Crippen molar-refractivity contribution in [2.75, 3.05) is 0 Å². The van der Waals surface area contributed by atoms with E-state index in [1.165, 1.54) is 15.4 Å². The summed E-state index contributed by atoms with van der Waals surface area (Å²) in [6, 6.07) is 18.7. The van der Waals surface area contributed by atoms with Gasteiger partial charge in [-0.1, -0.05) is 42.1 Å². The van der Waals surface area contributed by atoms with Crippen molar-refractivity contribution in [2.24, 2.45) is 0 Å². The summed E-state index contributed by atoms with van der Waals surface area (Å²) < 4.78 is 0. The molecular formula is C15H14OS. The van der Waals surface area contributed by atoms with Crippen LogP contribution in [0.1, 0.15) is 12.0 Å². The zero-order chi connectivity index (χ0) is 11.9. The molecule has 2 rings (SSSR count). The molecule has 2 heteroatoms. The summed E-state index contributed by atoms with van der Waals surface area (Å²) in [6.45, 7) is 0. The van der Waals surface area contributed by atoms with Crippen LogP contribution in [0.15, 0.2) is 64.4 Å². The lowest BCUT2D eigenvalue weighted by atomic mass is 10.1. The van der Waals surface area contributed by atoms with Crippen molar-refractivity contribution in [3.8, 4) is 0 Å². The Morgan fingerprint density at radius 1 is 0.882 bits per heavy atom. The van der Waals surface area contributed by atoms with Gasteiger partial charge in [-0.2, -0.15) is 0 Å². The van der Waals surface area contributed by atoms with Gasteiger partial charge in [-0.3, -0.25) is 0 Å². The molecule has 1 nitrogen and oxygen atoms in total. The summed E-state index contributed by atoms with van der Waals surface area (Å²) >= 11 is 1.75. The number of carbonyl (C=O) groups excluding carboxylic acids is 1. The molecule has 0 aromatic heterocycles. The molecule has 0 saturated heterocycles. The minimum absolute atomic E-state index is 0.602. The molecule has 17 heavy (non-hydrogen) atoms. The Morgan fingerprint density at radius 2 is 1.53 bits per heavy atom.